The maximum absolute atomic E-state index is 13.5. The number of esters is 1. The molecule has 1 aliphatic heterocycles. The molecule has 0 bridgehead atoms. The number of hydrogen-bond donors (Lipinski definition) is 3. The molecule has 0 unspecified atom stereocenters. The Morgan fingerprint density at radius 2 is 1.63 bits per heavy atom. The van der Waals surface area contributed by atoms with Crippen LogP contribution < -0.4 is 16.0 Å². The summed E-state index contributed by atoms with van der Waals surface area (Å²) in [6, 6.07) is 7.43. The van der Waals surface area contributed by atoms with Crippen LogP contribution in [0, 0.1) is 11.8 Å². The van der Waals surface area contributed by atoms with E-state index in [0.29, 0.717) is 13.0 Å². The maximum atomic E-state index is 13.5. The van der Waals surface area contributed by atoms with Crippen LogP contribution in [0.4, 0.5) is 0 Å². The molecule has 1 aromatic carbocycles. The molecule has 2 rings (SSSR count). The number of benzene rings is 1. The lowest BCUT2D eigenvalue weighted by molar-refractivity contribution is -0.142. The first-order chi connectivity index (χ1) is 17.8. The number of methoxy groups -OCH3 is 1. The van der Waals surface area contributed by atoms with E-state index in [2.05, 4.69) is 20.7 Å². The first-order valence-electron chi connectivity index (χ1n) is 13.2. The van der Waals surface area contributed by atoms with Gasteiger partial charge in [0.2, 0.25) is 17.7 Å². The minimum Gasteiger partial charge on any atom is -0.468 e. The molecule has 1 aromatic rings. The van der Waals surface area contributed by atoms with Gasteiger partial charge >= 0.3 is 5.97 Å². The molecule has 0 saturated carbocycles. The highest BCUT2D eigenvalue weighted by molar-refractivity contribution is 5.93. The average Bonchev–Trinajstić information content (AvgIpc) is 3.18. The van der Waals surface area contributed by atoms with E-state index in [9.17, 15) is 19.2 Å². The standard InChI is InChI=1S/C28H44N4O6/c1-17(2)14-21(26(35)29-15-23(33)37-8)30-27(36)24(18(3)4)31-25(34)19(5)32-22(16-38-28(32,6)7)20-12-10-9-11-13-20/h9-13,17-19,21-22,24H,14-16H2,1-8H3,(H,29,35)(H,30,36)(H,31,34)/t19-,21+,22-,24+/m1/s1. The van der Waals surface area contributed by atoms with E-state index < -0.39 is 41.6 Å². The van der Waals surface area contributed by atoms with Crippen LogP contribution >= 0.6 is 0 Å². The van der Waals surface area contributed by atoms with E-state index in [0.717, 1.165) is 5.56 Å². The fourth-order valence-corrected chi connectivity index (χ4v) is 4.74. The molecule has 1 fully saturated rings. The van der Waals surface area contributed by atoms with Crippen LogP contribution in [-0.4, -0.2) is 72.7 Å². The second-order valence-corrected chi connectivity index (χ2v) is 11.0. The second kappa shape index (κ2) is 13.7. The number of nitrogens with one attached hydrogen (secondary N) is 3. The summed E-state index contributed by atoms with van der Waals surface area (Å²) in [5.74, 6) is -1.98. The summed E-state index contributed by atoms with van der Waals surface area (Å²) in [4.78, 5) is 53.0. The highest BCUT2D eigenvalue weighted by Crippen LogP contribution is 2.38. The molecular formula is C28H44N4O6. The molecule has 10 nitrogen and oxygen atoms in total. The number of hydrogen-bond acceptors (Lipinski definition) is 7. The molecular weight excluding hydrogens is 488 g/mol. The summed E-state index contributed by atoms with van der Waals surface area (Å²) in [5.41, 5.74) is 0.359. The summed E-state index contributed by atoms with van der Waals surface area (Å²) < 4.78 is 10.6. The highest BCUT2D eigenvalue weighted by atomic mass is 16.5. The van der Waals surface area contributed by atoms with Crippen LogP contribution in [-0.2, 0) is 28.7 Å². The molecule has 4 atom stereocenters. The van der Waals surface area contributed by atoms with Crippen molar-refractivity contribution >= 4 is 23.7 Å². The van der Waals surface area contributed by atoms with Gasteiger partial charge < -0.3 is 25.4 Å². The normalized spacial score (nSPS) is 19.5. The van der Waals surface area contributed by atoms with Crippen molar-refractivity contribution in [3.8, 4) is 0 Å². The molecule has 1 saturated heterocycles. The molecule has 10 heteroatoms. The van der Waals surface area contributed by atoms with Crippen LogP contribution in [0.3, 0.4) is 0 Å². The Hall–Kier alpha value is -2.98. The Morgan fingerprint density at radius 3 is 2.18 bits per heavy atom. The molecule has 0 radical (unpaired) electrons. The van der Waals surface area contributed by atoms with Gasteiger partial charge in [0.1, 0.15) is 24.4 Å². The molecule has 38 heavy (non-hydrogen) atoms. The van der Waals surface area contributed by atoms with Crippen LogP contribution in [0.1, 0.15) is 66.5 Å². The maximum Gasteiger partial charge on any atom is 0.325 e. The number of carbonyl (C=O) groups is 4. The van der Waals surface area contributed by atoms with Gasteiger partial charge in [-0.15, -0.1) is 0 Å². The van der Waals surface area contributed by atoms with E-state index in [1.54, 1.807) is 6.92 Å². The topological polar surface area (TPSA) is 126 Å². The van der Waals surface area contributed by atoms with Crippen LogP contribution in [0.15, 0.2) is 30.3 Å². The predicted octanol–water partition coefficient (Wildman–Crippen LogP) is 2.15. The number of ether oxygens (including phenoxy) is 2. The Kier molecular flexibility index (Phi) is 11.3. The van der Waals surface area contributed by atoms with E-state index in [4.69, 9.17) is 4.74 Å². The fraction of sp³-hybridized carbons (Fsp3) is 0.643. The number of nitrogens with zero attached hydrogens (tertiary/aromatic N) is 1. The Morgan fingerprint density at radius 1 is 1.00 bits per heavy atom. The van der Waals surface area contributed by atoms with Crippen molar-refractivity contribution in [2.45, 2.75) is 84.8 Å². The summed E-state index contributed by atoms with van der Waals surface area (Å²) in [6.45, 7) is 13.3. The van der Waals surface area contributed by atoms with Gasteiger partial charge in [-0.2, -0.15) is 0 Å². The largest absolute Gasteiger partial charge is 0.468 e. The highest BCUT2D eigenvalue weighted by Gasteiger charge is 2.46. The minimum absolute atomic E-state index is 0.101. The van der Waals surface area contributed by atoms with Crippen molar-refractivity contribution in [3.63, 3.8) is 0 Å². The zero-order valence-electron chi connectivity index (χ0n) is 23.9. The van der Waals surface area contributed by atoms with Gasteiger partial charge in [0, 0.05) is 0 Å². The van der Waals surface area contributed by atoms with Crippen LogP contribution in [0.5, 0.6) is 0 Å². The Labute approximate surface area is 226 Å². The van der Waals surface area contributed by atoms with Crippen molar-refractivity contribution in [1.82, 2.24) is 20.9 Å². The molecule has 1 aliphatic rings. The number of carbonyl (C=O) groups excluding carboxylic acids is 4. The Balaban J connectivity index is 2.16. The van der Waals surface area contributed by atoms with Gasteiger partial charge in [0.25, 0.3) is 0 Å². The fourth-order valence-electron chi connectivity index (χ4n) is 4.74. The number of amides is 3. The summed E-state index contributed by atoms with van der Waals surface area (Å²) >= 11 is 0. The van der Waals surface area contributed by atoms with Gasteiger partial charge in [-0.05, 0) is 44.6 Å². The third-order valence-corrected chi connectivity index (χ3v) is 6.75. The third-order valence-electron chi connectivity index (χ3n) is 6.75. The van der Waals surface area contributed by atoms with E-state index in [-0.39, 0.29) is 30.3 Å². The summed E-state index contributed by atoms with van der Waals surface area (Å²) in [5, 5.41) is 8.19. The van der Waals surface area contributed by atoms with Crippen molar-refractivity contribution in [2.24, 2.45) is 11.8 Å². The predicted molar refractivity (Wildman–Crippen MR) is 144 cm³/mol. The molecule has 3 amide bonds. The van der Waals surface area contributed by atoms with Crippen LogP contribution in [0.25, 0.3) is 0 Å². The molecule has 3 N–H and O–H groups in total. The van der Waals surface area contributed by atoms with Gasteiger partial charge in [0.15, 0.2) is 0 Å². The molecule has 0 aromatic heterocycles. The first kappa shape index (κ1) is 31.2. The first-order valence-corrected chi connectivity index (χ1v) is 13.2. The van der Waals surface area contributed by atoms with E-state index in [1.807, 2.05) is 76.8 Å². The lowest BCUT2D eigenvalue weighted by Gasteiger charge is -2.38. The van der Waals surface area contributed by atoms with E-state index >= 15 is 0 Å². The zero-order chi connectivity index (χ0) is 28.6. The zero-order valence-corrected chi connectivity index (χ0v) is 23.9. The van der Waals surface area contributed by atoms with Crippen molar-refractivity contribution < 1.29 is 28.7 Å². The van der Waals surface area contributed by atoms with Crippen molar-refractivity contribution in [3.05, 3.63) is 35.9 Å². The molecule has 212 valence electrons. The molecule has 1 heterocycles. The van der Waals surface area contributed by atoms with Gasteiger partial charge in [-0.25, -0.2) is 0 Å². The lowest BCUT2D eigenvalue weighted by Crippen LogP contribution is -2.59. The molecule has 0 spiro atoms. The quantitative estimate of drug-likeness (QED) is 0.352. The second-order valence-electron chi connectivity index (χ2n) is 11.0. The SMILES string of the molecule is COC(=O)CNC(=O)[C@H](CC(C)C)NC(=O)[C@@H](NC(=O)[C@@H](C)N1[C@@H](c2ccccc2)COC1(C)C)C(C)C. The van der Waals surface area contributed by atoms with Gasteiger partial charge in [-0.3, -0.25) is 24.1 Å². The monoisotopic (exact) mass is 532 g/mol. The average molecular weight is 533 g/mol. The van der Waals surface area contributed by atoms with E-state index in [1.165, 1.54) is 7.11 Å². The van der Waals surface area contributed by atoms with Gasteiger partial charge in [0.05, 0.1) is 25.8 Å². The van der Waals surface area contributed by atoms with Crippen molar-refractivity contribution in [1.29, 1.82) is 0 Å². The van der Waals surface area contributed by atoms with Crippen molar-refractivity contribution in [2.75, 3.05) is 20.3 Å². The molecule has 0 aliphatic carbocycles. The third kappa shape index (κ3) is 8.26. The summed E-state index contributed by atoms with van der Waals surface area (Å²) in [7, 11) is 1.23. The Bertz CT molecular complexity index is 965. The smallest absolute Gasteiger partial charge is 0.325 e. The summed E-state index contributed by atoms with van der Waals surface area (Å²) in [6.07, 6.45) is 0.367. The minimum atomic E-state index is -0.866. The number of rotatable bonds is 12. The van der Waals surface area contributed by atoms with Crippen LogP contribution in [0.2, 0.25) is 0 Å². The lowest BCUT2D eigenvalue weighted by atomic mass is 9.99. The van der Waals surface area contributed by atoms with Gasteiger partial charge in [-0.1, -0.05) is 58.0 Å².